The third kappa shape index (κ3) is 3.08. The highest BCUT2D eigenvalue weighted by atomic mass is 35.5. The van der Waals surface area contributed by atoms with E-state index >= 15 is 0 Å². The highest BCUT2D eigenvalue weighted by Gasteiger charge is 2.27. The number of rotatable bonds is 3. The lowest BCUT2D eigenvalue weighted by Crippen LogP contribution is -2.31. The Bertz CT molecular complexity index is 380. The summed E-state index contributed by atoms with van der Waals surface area (Å²) in [4.78, 5) is 12.1. The summed E-state index contributed by atoms with van der Waals surface area (Å²) < 4.78 is 0. The van der Waals surface area contributed by atoms with Gasteiger partial charge in [-0.3, -0.25) is 4.79 Å². The van der Waals surface area contributed by atoms with Crippen molar-refractivity contribution in [1.82, 2.24) is 0 Å². The van der Waals surface area contributed by atoms with E-state index in [9.17, 15) is 9.90 Å². The van der Waals surface area contributed by atoms with E-state index in [0.29, 0.717) is 10.6 Å². The molecule has 2 nitrogen and oxygen atoms in total. The number of ketones is 1. The molecule has 1 aromatic rings. The Morgan fingerprint density at radius 3 is 2.35 bits per heavy atom. The largest absolute Gasteiger partial charge is 0.385 e. The van der Waals surface area contributed by atoms with Gasteiger partial charge in [0, 0.05) is 10.6 Å². The van der Waals surface area contributed by atoms with Gasteiger partial charge in [-0.2, -0.15) is 0 Å². The van der Waals surface area contributed by atoms with E-state index in [1.165, 1.54) is 6.42 Å². The van der Waals surface area contributed by atoms with Crippen molar-refractivity contribution in [3.05, 3.63) is 34.9 Å². The maximum atomic E-state index is 12.1. The van der Waals surface area contributed by atoms with Gasteiger partial charge < -0.3 is 5.11 Å². The summed E-state index contributed by atoms with van der Waals surface area (Å²) >= 11 is 5.77. The number of aliphatic hydroxyl groups excluding tert-OH is 1. The van der Waals surface area contributed by atoms with Crippen LogP contribution in [0.3, 0.4) is 0 Å². The van der Waals surface area contributed by atoms with Gasteiger partial charge in [0.2, 0.25) is 0 Å². The molecule has 1 aliphatic rings. The van der Waals surface area contributed by atoms with Gasteiger partial charge in [0.05, 0.1) is 0 Å². The van der Waals surface area contributed by atoms with Crippen LogP contribution in [0.15, 0.2) is 24.3 Å². The molecule has 0 amide bonds. The molecule has 1 N–H and O–H groups in total. The quantitative estimate of drug-likeness (QED) is 0.837. The number of Topliss-reactive ketones (excluding diaryl/α,β-unsaturated/α-hetero) is 1. The van der Waals surface area contributed by atoms with Gasteiger partial charge in [-0.25, -0.2) is 0 Å². The molecule has 1 atom stereocenters. The molecule has 1 aliphatic carbocycles. The Hall–Kier alpha value is -0.860. The fourth-order valence-corrected chi connectivity index (χ4v) is 2.57. The molecule has 0 radical (unpaired) electrons. The molecule has 17 heavy (non-hydrogen) atoms. The minimum Gasteiger partial charge on any atom is -0.385 e. The fourth-order valence-electron chi connectivity index (χ4n) is 2.45. The van der Waals surface area contributed by atoms with E-state index in [1.54, 1.807) is 24.3 Å². The number of aliphatic hydroxyl groups is 1. The third-order valence-electron chi connectivity index (χ3n) is 3.49. The molecule has 0 spiro atoms. The lowest BCUT2D eigenvalue weighted by atomic mass is 9.82. The highest BCUT2D eigenvalue weighted by molar-refractivity contribution is 6.30. The van der Waals surface area contributed by atoms with E-state index in [4.69, 9.17) is 11.6 Å². The molecule has 0 aliphatic heterocycles. The zero-order chi connectivity index (χ0) is 12.3. The van der Waals surface area contributed by atoms with E-state index in [2.05, 4.69) is 0 Å². The molecule has 0 heterocycles. The topological polar surface area (TPSA) is 37.3 Å². The van der Waals surface area contributed by atoms with E-state index in [-0.39, 0.29) is 11.7 Å². The molecular weight excluding hydrogens is 236 g/mol. The first-order chi connectivity index (χ1) is 8.18. The summed E-state index contributed by atoms with van der Waals surface area (Å²) in [5.74, 6) is -0.0412. The second-order valence-electron chi connectivity index (χ2n) is 4.71. The first kappa shape index (κ1) is 12.6. The SMILES string of the molecule is O=C(c1ccc(Cl)cc1)C(O)C1CCCCC1. The van der Waals surface area contributed by atoms with Crippen LogP contribution in [0.1, 0.15) is 42.5 Å². The van der Waals surface area contributed by atoms with E-state index in [0.717, 1.165) is 25.7 Å². The minimum absolute atomic E-state index is 0.131. The molecule has 0 bridgehead atoms. The Kier molecular flexibility index (Phi) is 4.19. The average molecular weight is 253 g/mol. The Balaban J connectivity index is 2.05. The van der Waals surface area contributed by atoms with Crippen molar-refractivity contribution in [2.75, 3.05) is 0 Å². The van der Waals surface area contributed by atoms with Crippen LogP contribution in [0.25, 0.3) is 0 Å². The zero-order valence-corrected chi connectivity index (χ0v) is 10.5. The standard InChI is InChI=1S/C14H17ClO2/c15-12-8-6-11(7-9-12)14(17)13(16)10-4-2-1-3-5-10/h6-10,13,16H,1-5H2. The third-order valence-corrected chi connectivity index (χ3v) is 3.75. The number of benzene rings is 1. The summed E-state index contributed by atoms with van der Waals surface area (Å²) in [6, 6.07) is 6.72. The molecule has 1 aromatic carbocycles. The number of halogens is 1. The Morgan fingerprint density at radius 1 is 1.18 bits per heavy atom. The van der Waals surface area contributed by atoms with E-state index < -0.39 is 6.10 Å². The lowest BCUT2D eigenvalue weighted by molar-refractivity contribution is 0.0534. The lowest BCUT2D eigenvalue weighted by Gasteiger charge is -2.25. The average Bonchev–Trinajstić information content (AvgIpc) is 2.39. The zero-order valence-electron chi connectivity index (χ0n) is 9.73. The second kappa shape index (κ2) is 5.65. The molecule has 0 saturated heterocycles. The van der Waals surface area contributed by atoms with Gasteiger partial charge in [-0.1, -0.05) is 30.9 Å². The summed E-state index contributed by atoms with van der Waals surface area (Å²) in [7, 11) is 0. The van der Waals surface area contributed by atoms with Crippen molar-refractivity contribution in [1.29, 1.82) is 0 Å². The number of carbonyl (C=O) groups excluding carboxylic acids is 1. The fraction of sp³-hybridized carbons (Fsp3) is 0.500. The molecule has 3 heteroatoms. The molecule has 1 saturated carbocycles. The van der Waals surface area contributed by atoms with Crippen molar-refractivity contribution in [3.8, 4) is 0 Å². The van der Waals surface area contributed by atoms with Gasteiger partial charge in [-0.05, 0) is 43.0 Å². The predicted molar refractivity (Wildman–Crippen MR) is 68.4 cm³/mol. The summed E-state index contributed by atoms with van der Waals surface area (Å²) in [6.45, 7) is 0. The maximum Gasteiger partial charge on any atom is 0.191 e. The maximum absolute atomic E-state index is 12.1. The van der Waals surface area contributed by atoms with Crippen molar-refractivity contribution in [3.63, 3.8) is 0 Å². The predicted octanol–water partition coefficient (Wildman–Crippen LogP) is 3.46. The van der Waals surface area contributed by atoms with Crippen LogP contribution in [-0.2, 0) is 0 Å². The van der Waals surface area contributed by atoms with Crippen molar-refractivity contribution in [2.45, 2.75) is 38.2 Å². The molecule has 1 unspecified atom stereocenters. The van der Waals surface area contributed by atoms with Crippen LogP contribution in [0.2, 0.25) is 5.02 Å². The first-order valence-corrected chi connectivity index (χ1v) is 6.54. The van der Waals surface area contributed by atoms with Crippen molar-refractivity contribution in [2.24, 2.45) is 5.92 Å². The van der Waals surface area contributed by atoms with E-state index in [1.807, 2.05) is 0 Å². The van der Waals surface area contributed by atoms with Crippen LogP contribution in [0.4, 0.5) is 0 Å². The molecule has 0 aromatic heterocycles. The number of hydrogen-bond acceptors (Lipinski definition) is 2. The Morgan fingerprint density at radius 2 is 1.76 bits per heavy atom. The molecular formula is C14H17ClO2. The van der Waals surface area contributed by atoms with Crippen LogP contribution < -0.4 is 0 Å². The second-order valence-corrected chi connectivity index (χ2v) is 5.15. The number of carbonyl (C=O) groups is 1. The van der Waals surface area contributed by atoms with Gasteiger partial charge in [-0.15, -0.1) is 0 Å². The molecule has 1 fully saturated rings. The normalized spacial score (nSPS) is 18.9. The van der Waals surface area contributed by atoms with Gasteiger partial charge in [0.1, 0.15) is 6.10 Å². The smallest absolute Gasteiger partial charge is 0.191 e. The summed E-state index contributed by atoms with van der Waals surface area (Å²) in [5.41, 5.74) is 0.549. The first-order valence-electron chi connectivity index (χ1n) is 6.16. The molecule has 2 rings (SSSR count). The molecule has 92 valence electrons. The summed E-state index contributed by atoms with van der Waals surface area (Å²) in [5, 5.41) is 10.7. The van der Waals surface area contributed by atoms with Gasteiger partial charge >= 0.3 is 0 Å². The van der Waals surface area contributed by atoms with Crippen LogP contribution in [0, 0.1) is 5.92 Å². The van der Waals surface area contributed by atoms with Gasteiger partial charge in [0.15, 0.2) is 5.78 Å². The summed E-state index contributed by atoms with van der Waals surface area (Å²) in [6.07, 6.45) is 4.53. The highest BCUT2D eigenvalue weighted by Crippen LogP contribution is 2.28. The van der Waals surface area contributed by atoms with Crippen LogP contribution >= 0.6 is 11.6 Å². The minimum atomic E-state index is -0.850. The Labute approximate surface area is 107 Å². The monoisotopic (exact) mass is 252 g/mol. The van der Waals surface area contributed by atoms with Gasteiger partial charge in [0.25, 0.3) is 0 Å². The van der Waals surface area contributed by atoms with Crippen molar-refractivity contribution < 1.29 is 9.90 Å². The van der Waals surface area contributed by atoms with Crippen LogP contribution in [0.5, 0.6) is 0 Å². The van der Waals surface area contributed by atoms with Crippen LogP contribution in [-0.4, -0.2) is 17.0 Å². The number of hydrogen-bond donors (Lipinski definition) is 1. The van der Waals surface area contributed by atoms with Crippen molar-refractivity contribution >= 4 is 17.4 Å².